The van der Waals surface area contributed by atoms with E-state index in [9.17, 15) is 18.0 Å². The van der Waals surface area contributed by atoms with Gasteiger partial charge in [0, 0.05) is 25.2 Å². The van der Waals surface area contributed by atoms with E-state index in [1.165, 1.54) is 23.5 Å². The van der Waals surface area contributed by atoms with Crippen molar-refractivity contribution in [3.05, 3.63) is 96.1 Å². The van der Waals surface area contributed by atoms with Crippen molar-refractivity contribution in [3.63, 3.8) is 0 Å². The van der Waals surface area contributed by atoms with Crippen LogP contribution in [-0.2, 0) is 21.4 Å². The van der Waals surface area contributed by atoms with Crippen LogP contribution >= 0.6 is 0 Å². The van der Waals surface area contributed by atoms with Gasteiger partial charge in [0.1, 0.15) is 11.8 Å². The van der Waals surface area contributed by atoms with Crippen molar-refractivity contribution < 1.29 is 22.7 Å². The summed E-state index contributed by atoms with van der Waals surface area (Å²) < 4.78 is 32.9. The van der Waals surface area contributed by atoms with Crippen molar-refractivity contribution in [1.29, 1.82) is 0 Å². The van der Waals surface area contributed by atoms with Gasteiger partial charge in [0.05, 0.1) is 12.0 Å². The molecule has 2 amide bonds. The predicted octanol–water partition coefficient (Wildman–Crippen LogP) is 3.21. The lowest BCUT2D eigenvalue weighted by Gasteiger charge is -2.35. The van der Waals surface area contributed by atoms with Gasteiger partial charge in [0.15, 0.2) is 0 Å². The largest absolute Gasteiger partial charge is 0.497 e. The minimum atomic E-state index is -3.68. The highest BCUT2D eigenvalue weighted by atomic mass is 32.2. The highest BCUT2D eigenvalue weighted by molar-refractivity contribution is 7.89. The van der Waals surface area contributed by atoms with Crippen LogP contribution in [-0.4, -0.2) is 50.8 Å². The van der Waals surface area contributed by atoms with E-state index < -0.39 is 16.1 Å². The number of hydrogen-bond acceptors (Lipinski definition) is 5. The number of nitrogens with zero attached hydrogens (tertiary/aromatic N) is 1. The van der Waals surface area contributed by atoms with Crippen LogP contribution in [0.1, 0.15) is 28.8 Å². The molecule has 1 unspecified atom stereocenters. The maximum atomic E-state index is 13.3. The van der Waals surface area contributed by atoms with Gasteiger partial charge in [-0.1, -0.05) is 48.5 Å². The molecule has 1 aliphatic heterocycles. The second-order valence-electron chi connectivity index (χ2n) is 8.94. The lowest BCUT2D eigenvalue weighted by atomic mass is 9.89. The maximum absolute atomic E-state index is 13.3. The summed E-state index contributed by atoms with van der Waals surface area (Å²) in [5, 5.41) is 5.84. The molecule has 0 aromatic heterocycles. The first-order chi connectivity index (χ1) is 17.9. The topological polar surface area (TPSA) is 105 Å². The number of hydrogen-bond donors (Lipinski definition) is 2. The van der Waals surface area contributed by atoms with Crippen molar-refractivity contribution in [2.24, 2.45) is 5.92 Å². The Balaban J connectivity index is 1.46. The lowest BCUT2D eigenvalue weighted by molar-refractivity contribution is -0.124. The normalized spacial score (nSPS) is 15.5. The van der Waals surface area contributed by atoms with E-state index in [1.54, 1.807) is 36.4 Å². The molecule has 3 aromatic carbocycles. The van der Waals surface area contributed by atoms with E-state index in [1.807, 2.05) is 36.4 Å². The molecule has 194 valence electrons. The van der Waals surface area contributed by atoms with Gasteiger partial charge in [-0.3, -0.25) is 9.59 Å². The number of amides is 2. The molecule has 8 nitrogen and oxygen atoms in total. The molecule has 0 spiro atoms. The number of rotatable bonds is 9. The zero-order chi connectivity index (χ0) is 26.3. The van der Waals surface area contributed by atoms with E-state index in [4.69, 9.17) is 4.74 Å². The SMILES string of the molecule is COc1ccc(S(=O)(=O)N2CCC(C(NC(=O)c3ccccc3)C(=O)NCc3ccccc3)CC2)cc1. The summed E-state index contributed by atoms with van der Waals surface area (Å²) in [5.74, 6) is -0.264. The third kappa shape index (κ3) is 6.55. The summed E-state index contributed by atoms with van der Waals surface area (Å²) in [7, 11) is -2.15. The summed E-state index contributed by atoms with van der Waals surface area (Å²) in [4.78, 5) is 26.4. The smallest absolute Gasteiger partial charge is 0.251 e. The molecule has 9 heteroatoms. The molecule has 0 saturated carbocycles. The Kier molecular flexibility index (Phi) is 8.58. The number of methoxy groups -OCH3 is 1. The van der Waals surface area contributed by atoms with E-state index in [0.717, 1.165) is 5.56 Å². The fraction of sp³-hybridized carbons (Fsp3) is 0.286. The molecule has 0 bridgehead atoms. The van der Waals surface area contributed by atoms with E-state index >= 15 is 0 Å². The van der Waals surface area contributed by atoms with Gasteiger partial charge in [-0.2, -0.15) is 4.31 Å². The first-order valence-corrected chi connectivity index (χ1v) is 13.6. The number of nitrogens with one attached hydrogen (secondary N) is 2. The fourth-order valence-electron chi connectivity index (χ4n) is 4.45. The minimum absolute atomic E-state index is 0.196. The molecule has 2 N–H and O–H groups in total. The monoisotopic (exact) mass is 521 g/mol. The first kappa shape index (κ1) is 26.4. The Morgan fingerprint density at radius 2 is 1.51 bits per heavy atom. The third-order valence-electron chi connectivity index (χ3n) is 6.58. The highest BCUT2D eigenvalue weighted by Gasteiger charge is 2.36. The van der Waals surface area contributed by atoms with Crippen LogP contribution in [0.15, 0.2) is 89.8 Å². The molecular weight excluding hydrogens is 490 g/mol. The average Bonchev–Trinajstić information content (AvgIpc) is 2.95. The lowest BCUT2D eigenvalue weighted by Crippen LogP contribution is -2.53. The Hall–Kier alpha value is -3.69. The fourth-order valence-corrected chi connectivity index (χ4v) is 5.92. The van der Waals surface area contributed by atoms with Gasteiger partial charge < -0.3 is 15.4 Å². The van der Waals surface area contributed by atoms with Crippen LogP contribution in [0.5, 0.6) is 5.75 Å². The Bertz CT molecular complexity index is 1290. The van der Waals surface area contributed by atoms with Crippen LogP contribution in [0, 0.1) is 5.92 Å². The van der Waals surface area contributed by atoms with Gasteiger partial charge in [0.2, 0.25) is 15.9 Å². The van der Waals surface area contributed by atoms with Gasteiger partial charge in [0.25, 0.3) is 5.91 Å². The molecule has 1 fully saturated rings. The summed E-state index contributed by atoms with van der Waals surface area (Å²) in [5.41, 5.74) is 1.41. The van der Waals surface area contributed by atoms with Crippen LogP contribution in [0.3, 0.4) is 0 Å². The molecule has 1 aliphatic rings. The zero-order valence-corrected chi connectivity index (χ0v) is 21.5. The second-order valence-corrected chi connectivity index (χ2v) is 10.9. The molecule has 1 saturated heterocycles. The Labute approximate surface area is 217 Å². The number of carbonyl (C=O) groups excluding carboxylic acids is 2. The van der Waals surface area contributed by atoms with Crippen molar-refractivity contribution in [2.45, 2.75) is 30.3 Å². The molecule has 1 atom stereocenters. The molecule has 3 aromatic rings. The Morgan fingerprint density at radius 1 is 0.919 bits per heavy atom. The number of carbonyl (C=O) groups is 2. The first-order valence-electron chi connectivity index (χ1n) is 12.2. The van der Waals surface area contributed by atoms with E-state index in [0.29, 0.717) is 30.7 Å². The minimum Gasteiger partial charge on any atom is -0.497 e. The molecular formula is C28H31N3O5S. The highest BCUT2D eigenvalue weighted by Crippen LogP contribution is 2.27. The Morgan fingerprint density at radius 3 is 2.11 bits per heavy atom. The summed E-state index contributed by atoms with van der Waals surface area (Å²) >= 11 is 0. The molecule has 0 radical (unpaired) electrons. The van der Waals surface area contributed by atoms with E-state index in [2.05, 4.69) is 10.6 Å². The van der Waals surface area contributed by atoms with E-state index in [-0.39, 0.29) is 35.7 Å². The zero-order valence-electron chi connectivity index (χ0n) is 20.7. The second kappa shape index (κ2) is 12.0. The van der Waals surface area contributed by atoms with Crippen LogP contribution < -0.4 is 15.4 Å². The molecule has 4 rings (SSSR count). The molecule has 37 heavy (non-hydrogen) atoms. The maximum Gasteiger partial charge on any atom is 0.251 e. The molecule has 0 aliphatic carbocycles. The van der Waals surface area contributed by atoms with Gasteiger partial charge in [-0.05, 0) is 60.7 Å². The van der Waals surface area contributed by atoms with Crippen LogP contribution in [0.4, 0.5) is 0 Å². The van der Waals surface area contributed by atoms with Gasteiger partial charge in [-0.15, -0.1) is 0 Å². The van der Waals surface area contributed by atoms with Crippen molar-refractivity contribution in [2.75, 3.05) is 20.2 Å². The third-order valence-corrected chi connectivity index (χ3v) is 8.49. The summed E-state index contributed by atoms with van der Waals surface area (Å²) in [6.07, 6.45) is 0.877. The van der Waals surface area contributed by atoms with Gasteiger partial charge >= 0.3 is 0 Å². The average molecular weight is 522 g/mol. The summed E-state index contributed by atoms with van der Waals surface area (Å²) in [6, 6.07) is 23.8. The predicted molar refractivity (Wildman–Crippen MR) is 140 cm³/mol. The van der Waals surface area contributed by atoms with Crippen LogP contribution in [0.2, 0.25) is 0 Å². The molecule has 1 heterocycles. The number of piperidine rings is 1. The number of ether oxygens (including phenoxy) is 1. The number of benzene rings is 3. The van der Waals surface area contributed by atoms with Crippen molar-refractivity contribution >= 4 is 21.8 Å². The van der Waals surface area contributed by atoms with Crippen molar-refractivity contribution in [1.82, 2.24) is 14.9 Å². The number of sulfonamides is 1. The summed E-state index contributed by atoms with van der Waals surface area (Å²) in [6.45, 7) is 0.841. The van der Waals surface area contributed by atoms with Crippen LogP contribution in [0.25, 0.3) is 0 Å². The standard InChI is InChI=1S/C28H31N3O5S/c1-36-24-12-14-25(15-13-24)37(34,35)31-18-16-22(17-19-31)26(30-27(32)23-10-6-3-7-11-23)28(33)29-20-21-8-4-2-5-9-21/h2-15,22,26H,16-20H2,1H3,(H,29,33)(H,30,32). The van der Waals surface area contributed by atoms with Gasteiger partial charge in [-0.25, -0.2) is 8.42 Å². The van der Waals surface area contributed by atoms with Crippen molar-refractivity contribution in [3.8, 4) is 5.75 Å². The quantitative estimate of drug-likeness (QED) is 0.450.